The van der Waals surface area contributed by atoms with Crippen LogP contribution in [-0.4, -0.2) is 17.0 Å². The number of hydrogen-bond donors (Lipinski definition) is 1. The maximum absolute atomic E-state index is 10.5. The lowest BCUT2D eigenvalue weighted by Crippen LogP contribution is -2.04. The molecule has 5 heteroatoms. The van der Waals surface area contributed by atoms with Crippen LogP contribution in [0.4, 0.5) is 0 Å². The van der Waals surface area contributed by atoms with E-state index in [1.54, 1.807) is 5.38 Å². The fraction of sp³-hybridized carbons (Fsp3) is 0.143. The Labute approximate surface area is 72.4 Å². The summed E-state index contributed by atoms with van der Waals surface area (Å²) in [5, 5.41) is 10.1. The Kier molecular flexibility index (Phi) is 2.44. The first-order valence-corrected chi connectivity index (χ1v) is 3.98. The van der Waals surface area contributed by atoms with Crippen molar-refractivity contribution >= 4 is 23.3 Å². The fourth-order valence-electron chi connectivity index (χ4n) is 0.689. The highest BCUT2D eigenvalue weighted by Crippen LogP contribution is 2.24. The maximum atomic E-state index is 10.5. The highest BCUT2D eigenvalue weighted by molar-refractivity contribution is 7.12. The fourth-order valence-corrected chi connectivity index (χ4v) is 1.34. The summed E-state index contributed by atoms with van der Waals surface area (Å²) in [7, 11) is 0. The quantitative estimate of drug-likeness (QED) is 0.708. The van der Waals surface area contributed by atoms with Gasteiger partial charge in [-0.3, -0.25) is 4.79 Å². The Morgan fingerprint density at radius 2 is 2.25 bits per heavy atom. The number of hydrogen-bond acceptors (Lipinski definition) is 4. The smallest absolute Gasteiger partial charge is 0.349 e. The van der Waals surface area contributed by atoms with Gasteiger partial charge in [-0.2, -0.15) is 0 Å². The summed E-state index contributed by atoms with van der Waals surface area (Å²) in [6.07, 6.45) is 0. The van der Waals surface area contributed by atoms with Gasteiger partial charge in [0, 0.05) is 6.92 Å². The molecular weight excluding hydrogens is 180 g/mol. The summed E-state index contributed by atoms with van der Waals surface area (Å²) in [6, 6.07) is 1.45. The van der Waals surface area contributed by atoms with Crippen LogP contribution in [0.3, 0.4) is 0 Å². The van der Waals surface area contributed by atoms with E-state index in [4.69, 9.17) is 5.11 Å². The second-order valence-corrected chi connectivity index (χ2v) is 2.93. The monoisotopic (exact) mass is 186 g/mol. The zero-order valence-corrected chi connectivity index (χ0v) is 7.05. The lowest BCUT2D eigenvalue weighted by molar-refractivity contribution is -0.131. The van der Waals surface area contributed by atoms with E-state index in [9.17, 15) is 9.59 Å². The molecule has 0 atom stereocenters. The predicted octanol–water partition coefficient (Wildman–Crippen LogP) is 1.37. The third kappa shape index (κ3) is 1.82. The standard InChI is InChI=1S/C7H6O4S/c1-4(8)11-5-2-3-12-6(5)7(9)10/h2-3H,1H3,(H,9,10). The number of rotatable bonds is 2. The lowest BCUT2D eigenvalue weighted by Gasteiger charge is -1.97. The summed E-state index contributed by atoms with van der Waals surface area (Å²) < 4.78 is 4.64. The Morgan fingerprint density at radius 3 is 2.75 bits per heavy atom. The molecular formula is C7H6O4S. The van der Waals surface area contributed by atoms with Gasteiger partial charge >= 0.3 is 11.9 Å². The van der Waals surface area contributed by atoms with E-state index in [2.05, 4.69) is 4.74 Å². The minimum atomic E-state index is -1.08. The molecule has 0 saturated heterocycles. The molecule has 1 aromatic rings. The van der Waals surface area contributed by atoms with Gasteiger partial charge in [0.25, 0.3) is 0 Å². The molecule has 0 saturated carbocycles. The number of thiophene rings is 1. The normalized spacial score (nSPS) is 9.42. The van der Waals surface area contributed by atoms with Crippen LogP contribution >= 0.6 is 11.3 Å². The highest BCUT2D eigenvalue weighted by Gasteiger charge is 2.13. The second kappa shape index (κ2) is 3.36. The molecule has 0 spiro atoms. The molecule has 0 aliphatic rings. The second-order valence-electron chi connectivity index (χ2n) is 2.01. The van der Waals surface area contributed by atoms with Crippen molar-refractivity contribution in [3.63, 3.8) is 0 Å². The zero-order chi connectivity index (χ0) is 9.14. The van der Waals surface area contributed by atoms with Crippen LogP contribution in [0.5, 0.6) is 5.75 Å². The maximum Gasteiger partial charge on any atom is 0.349 e. The molecule has 0 aromatic carbocycles. The average molecular weight is 186 g/mol. The molecule has 0 radical (unpaired) electrons. The number of ether oxygens (including phenoxy) is 1. The van der Waals surface area contributed by atoms with Gasteiger partial charge in [0.1, 0.15) is 0 Å². The Morgan fingerprint density at radius 1 is 1.58 bits per heavy atom. The average Bonchev–Trinajstić information content (AvgIpc) is 2.33. The van der Waals surface area contributed by atoms with Gasteiger partial charge in [0.15, 0.2) is 10.6 Å². The first-order valence-electron chi connectivity index (χ1n) is 3.10. The van der Waals surface area contributed by atoms with Crippen LogP contribution in [0.15, 0.2) is 11.4 Å². The molecule has 0 amide bonds. The molecule has 0 fully saturated rings. The van der Waals surface area contributed by atoms with Crippen molar-refractivity contribution in [1.29, 1.82) is 0 Å². The van der Waals surface area contributed by atoms with Crippen molar-refractivity contribution in [1.82, 2.24) is 0 Å². The van der Waals surface area contributed by atoms with Crippen LogP contribution in [-0.2, 0) is 4.79 Å². The van der Waals surface area contributed by atoms with E-state index in [0.29, 0.717) is 0 Å². The Balaban J connectivity index is 2.91. The van der Waals surface area contributed by atoms with Crippen molar-refractivity contribution in [2.45, 2.75) is 6.92 Å². The third-order valence-electron chi connectivity index (χ3n) is 1.08. The van der Waals surface area contributed by atoms with Crippen LogP contribution in [0.2, 0.25) is 0 Å². The third-order valence-corrected chi connectivity index (χ3v) is 1.96. The number of carboxylic acids is 1. The predicted molar refractivity (Wildman–Crippen MR) is 42.6 cm³/mol. The summed E-state index contributed by atoms with van der Waals surface area (Å²) in [4.78, 5) is 21.0. The summed E-state index contributed by atoms with van der Waals surface area (Å²) in [5.41, 5.74) is 0. The molecule has 0 aliphatic carbocycles. The minimum Gasteiger partial charge on any atom is -0.477 e. The largest absolute Gasteiger partial charge is 0.477 e. The van der Waals surface area contributed by atoms with Gasteiger partial charge < -0.3 is 9.84 Å². The molecule has 12 heavy (non-hydrogen) atoms. The van der Waals surface area contributed by atoms with Crippen LogP contribution in [0.1, 0.15) is 16.6 Å². The van der Waals surface area contributed by atoms with Crippen molar-refractivity contribution in [3.8, 4) is 5.75 Å². The molecule has 1 heterocycles. The Bertz CT molecular complexity index is 315. The highest BCUT2D eigenvalue weighted by atomic mass is 32.1. The molecule has 0 unspecified atom stereocenters. The SMILES string of the molecule is CC(=O)Oc1ccsc1C(=O)O. The molecule has 4 nitrogen and oxygen atoms in total. The van der Waals surface area contributed by atoms with Crippen LogP contribution in [0.25, 0.3) is 0 Å². The van der Waals surface area contributed by atoms with Gasteiger partial charge in [0.05, 0.1) is 0 Å². The number of carbonyl (C=O) groups excluding carboxylic acids is 1. The first-order chi connectivity index (χ1) is 5.61. The van der Waals surface area contributed by atoms with Gasteiger partial charge in [-0.25, -0.2) is 4.79 Å². The summed E-state index contributed by atoms with van der Waals surface area (Å²) >= 11 is 1.02. The van der Waals surface area contributed by atoms with E-state index >= 15 is 0 Å². The molecule has 1 aromatic heterocycles. The van der Waals surface area contributed by atoms with Crippen molar-refractivity contribution in [2.24, 2.45) is 0 Å². The van der Waals surface area contributed by atoms with E-state index in [-0.39, 0.29) is 10.6 Å². The van der Waals surface area contributed by atoms with E-state index in [0.717, 1.165) is 11.3 Å². The topological polar surface area (TPSA) is 63.6 Å². The van der Waals surface area contributed by atoms with Gasteiger partial charge in [-0.05, 0) is 11.4 Å². The summed E-state index contributed by atoms with van der Waals surface area (Å²) in [5.74, 6) is -1.49. The minimum absolute atomic E-state index is 0.0465. The first kappa shape index (κ1) is 8.73. The van der Waals surface area contributed by atoms with E-state index < -0.39 is 11.9 Å². The van der Waals surface area contributed by atoms with Gasteiger partial charge in [0.2, 0.25) is 0 Å². The molecule has 0 bridgehead atoms. The van der Waals surface area contributed by atoms with Crippen molar-refractivity contribution in [3.05, 3.63) is 16.3 Å². The number of esters is 1. The number of carbonyl (C=O) groups is 2. The molecule has 1 rings (SSSR count). The summed E-state index contributed by atoms with van der Waals surface area (Å²) in [6.45, 7) is 1.23. The van der Waals surface area contributed by atoms with Crippen LogP contribution in [0, 0.1) is 0 Å². The van der Waals surface area contributed by atoms with E-state index in [1.807, 2.05) is 0 Å². The van der Waals surface area contributed by atoms with Crippen molar-refractivity contribution < 1.29 is 19.4 Å². The van der Waals surface area contributed by atoms with E-state index in [1.165, 1.54) is 13.0 Å². The number of aromatic carboxylic acids is 1. The molecule has 1 N–H and O–H groups in total. The van der Waals surface area contributed by atoms with Crippen molar-refractivity contribution in [2.75, 3.05) is 0 Å². The molecule has 0 aliphatic heterocycles. The lowest BCUT2D eigenvalue weighted by atomic mass is 10.4. The molecule has 64 valence electrons. The zero-order valence-electron chi connectivity index (χ0n) is 6.23. The number of carboxylic acid groups (broad SMARTS) is 1. The van der Waals surface area contributed by atoms with Crippen LogP contribution < -0.4 is 4.74 Å². The van der Waals surface area contributed by atoms with Gasteiger partial charge in [-0.1, -0.05) is 0 Å². The Hall–Kier alpha value is -1.36. The van der Waals surface area contributed by atoms with Gasteiger partial charge in [-0.15, -0.1) is 11.3 Å².